The SMILES string of the molecule is COc1cc2c(cc1C)C1(CO2)C(=O)N(Cc2ccccn2)c2ccccc21. The summed E-state index contributed by atoms with van der Waals surface area (Å²) in [5, 5.41) is 0. The van der Waals surface area contributed by atoms with Gasteiger partial charge >= 0.3 is 0 Å². The number of amides is 1. The van der Waals surface area contributed by atoms with Gasteiger partial charge in [-0.3, -0.25) is 9.78 Å². The second kappa shape index (κ2) is 6.09. The van der Waals surface area contributed by atoms with Crippen LogP contribution < -0.4 is 14.4 Å². The van der Waals surface area contributed by atoms with Crippen molar-refractivity contribution in [3.05, 3.63) is 83.2 Å². The molecule has 5 heteroatoms. The van der Waals surface area contributed by atoms with E-state index in [4.69, 9.17) is 9.47 Å². The summed E-state index contributed by atoms with van der Waals surface area (Å²) in [6.07, 6.45) is 1.75. The molecule has 2 aromatic carbocycles. The zero-order chi connectivity index (χ0) is 19.3. The number of rotatable bonds is 3. The highest BCUT2D eigenvalue weighted by Gasteiger charge is 2.57. The number of carbonyl (C=O) groups is 1. The number of aryl methyl sites for hydroxylation is 1. The number of hydrogen-bond acceptors (Lipinski definition) is 4. The summed E-state index contributed by atoms with van der Waals surface area (Å²) in [5.74, 6) is 1.51. The first-order valence-corrected chi connectivity index (χ1v) is 9.28. The van der Waals surface area contributed by atoms with Crippen molar-refractivity contribution in [2.45, 2.75) is 18.9 Å². The minimum atomic E-state index is -0.822. The molecule has 3 aromatic rings. The van der Waals surface area contributed by atoms with Crippen LogP contribution in [0.15, 0.2) is 60.8 Å². The average molecular weight is 372 g/mol. The molecule has 28 heavy (non-hydrogen) atoms. The second-order valence-electron chi connectivity index (χ2n) is 7.24. The smallest absolute Gasteiger partial charge is 0.246 e. The molecule has 1 spiro atoms. The molecular weight excluding hydrogens is 352 g/mol. The van der Waals surface area contributed by atoms with E-state index in [0.29, 0.717) is 18.9 Å². The molecule has 140 valence electrons. The second-order valence-corrected chi connectivity index (χ2v) is 7.24. The molecule has 1 amide bonds. The van der Waals surface area contributed by atoms with Gasteiger partial charge in [-0.15, -0.1) is 0 Å². The molecule has 0 radical (unpaired) electrons. The van der Waals surface area contributed by atoms with Crippen LogP contribution in [0.2, 0.25) is 0 Å². The third-order valence-electron chi connectivity index (χ3n) is 5.71. The van der Waals surface area contributed by atoms with Crippen LogP contribution in [0.5, 0.6) is 11.5 Å². The number of carbonyl (C=O) groups excluding carboxylic acids is 1. The number of nitrogens with zero attached hydrogens (tertiary/aromatic N) is 2. The van der Waals surface area contributed by atoms with Crippen LogP contribution in [-0.4, -0.2) is 24.6 Å². The number of fused-ring (bicyclic) bond motifs is 4. The number of anilines is 1. The van der Waals surface area contributed by atoms with Crippen molar-refractivity contribution in [3.63, 3.8) is 0 Å². The molecule has 2 aliphatic heterocycles. The maximum Gasteiger partial charge on any atom is 0.246 e. The topological polar surface area (TPSA) is 51.7 Å². The van der Waals surface area contributed by atoms with E-state index in [2.05, 4.69) is 4.98 Å². The van der Waals surface area contributed by atoms with Gasteiger partial charge in [0.25, 0.3) is 0 Å². The zero-order valence-electron chi connectivity index (χ0n) is 15.8. The Bertz CT molecular complexity index is 1080. The first-order chi connectivity index (χ1) is 13.6. The molecular formula is C23H20N2O3. The van der Waals surface area contributed by atoms with E-state index in [1.807, 2.05) is 66.4 Å². The quantitative estimate of drug-likeness (QED) is 0.705. The van der Waals surface area contributed by atoms with Gasteiger partial charge in [-0.1, -0.05) is 24.3 Å². The lowest BCUT2D eigenvalue weighted by Gasteiger charge is -2.23. The number of aromatic nitrogens is 1. The molecule has 3 heterocycles. The zero-order valence-corrected chi connectivity index (χ0v) is 15.8. The molecule has 0 fully saturated rings. The molecule has 5 rings (SSSR count). The van der Waals surface area contributed by atoms with E-state index < -0.39 is 5.41 Å². The average Bonchev–Trinajstić information content (AvgIpc) is 3.21. The van der Waals surface area contributed by atoms with Crippen LogP contribution in [0, 0.1) is 6.92 Å². The lowest BCUT2D eigenvalue weighted by molar-refractivity contribution is -0.122. The van der Waals surface area contributed by atoms with Crippen LogP contribution in [0.4, 0.5) is 5.69 Å². The van der Waals surface area contributed by atoms with Crippen LogP contribution in [0.25, 0.3) is 0 Å². The molecule has 0 saturated heterocycles. The predicted molar refractivity (Wildman–Crippen MR) is 106 cm³/mol. The summed E-state index contributed by atoms with van der Waals surface area (Å²) in [7, 11) is 1.64. The fraction of sp³-hybridized carbons (Fsp3) is 0.217. The number of ether oxygens (including phenoxy) is 2. The Morgan fingerprint density at radius 3 is 2.75 bits per heavy atom. The molecule has 0 bridgehead atoms. The Labute approximate surface area is 163 Å². The van der Waals surface area contributed by atoms with Gasteiger partial charge in [-0.2, -0.15) is 0 Å². The maximum atomic E-state index is 13.8. The van der Waals surface area contributed by atoms with Gasteiger partial charge in [-0.25, -0.2) is 0 Å². The van der Waals surface area contributed by atoms with E-state index in [9.17, 15) is 4.79 Å². The molecule has 1 aromatic heterocycles. The van der Waals surface area contributed by atoms with Gasteiger partial charge in [0, 0.05) is 23.5 Å². The maximum absolute atomic E-state index is 13.8. The van der Waals surface area contributed by atoms with Gasteiger partial charge < -0.3 is 14.4 Å². The predicted octanol–water partition coefficient (Wildman–Crippen LogP) is 3.62. The Balaban J connectivity index is 1.67. The highest BCUT2D eigenvalue weighted by molar-refractivity contribution is 6.11. The molecule has 0 aliphatic carbocycles. The Hall–Kier alpha value is -3.34. The number of benzene rings is 2. The highest BCUT2D eigenvalue weighted by Crippen LogP contribution is 2.53. The van der Waals surface area contributed by atoms with Crippen molar-refractivity contribution in [2.75, 3.05) is 18.6 Å². The number of pyridine rings is 1. The third-order valence-corrected chi connectivity index (χ3v) is 5.71. The van der Waals surface area contributed by atoms with Crippen LogP contribution in [-0.2, 0) is 16.8 Å². The summed E-state index contributed by atoms with van der Waals surface area (Å²) < 4.78 is 11.5. The van der Waals surface area contributed by atoms with Crippen molar-refractivity contribution in [1.29, 1.82) is 0 Å². The number of hydrogen-bond donors (Lipinski definition) is 0. The summed E-state index contributed by atoms with van der Waals surface area (Å²) in [5.41, 5.74) is 3.83. The molecule has 5 nitrogen and oxygen atoms in total. The van der Waals surface area contributed by atoms with E-state index in [-0.39, 0.29) is 5.91 Å². The number of para-hydroxylation sites is 1. The summed E-state index contributed by atoms with van der Waals surface area (Å²) in [4.78, 5) is 20.0. The molecule has 1 atom stereocenters. The van der Waals surface area contributed by atoms with Gasteiger partial charge in [0.05, 0.1) is 19.3 Å². The van der Waals surface area contributed by atoms with E-state index in [1.165, 1.54) is 0 Å². The standard InChI is InChI=1S/C23H20N2O3/c1-15-11-18-21(12-20(15)27-2)28-14-23(18)17-8-3-4-9-19(17)25(22(23)26)13-16-7-5-6-10-24-16/h3-12H,13-14H2,1-2H3. The first kappa shape index (κ1) is 16.8. The van der Waals surface area contributed by atoms with E-state index >= 15 is 0 Å². The van der Waals surface area contributed by atoms with Crippen LogP contribution >= 0.6 is 0 Å². The lowest BCUT2D eigenvalue weighted by atomic mass is 9.76. The monoisotopic (exact) mass is 372 g/mol. The Morgan fingerprint density at radius 2 is 1.96 bits per heavy atom. The number of methoxy groups -OCH3 is 1. The first-order valence-electron chi connectivity index (χ1n) is 9.28. The van der Waals surface area contributed by atoms with Crippen molar-refractivity contribution in [3.8, 4) is 11.5 Å². The van der Waals surface area contributed by atoms with Crippen molar-refractivity contribution in [1.82, 2.24) is 4.98 Å². The summed E-state index contributed by atoms with van der Waals surface area (Å²) in [6.45, 7) is 2.72. The Kier molecular flexibility index (Phi) is 3.66. The van der Waals surface area contributed by atoms with Crippen molar-refractivity contribution < 1.29 is 14.3 Å². The van der Waals surface area contributed by atoms with Gasteiger partial charge in [0.15, 0.2) is 0 Å². The third kappa shape index (κ3) is 2.19. The van der Waals surface area contributed by atoms with Gasteiger partial charge in [0.1, 0.15) is 23.5 Å². The highest BCUT2D eigenvalue weighted by atomic mass is 16.5. The Morgan fingerprint density at radius 1 is 1.14 bits per heavy atom. The minimum absolute atomic E-state index is 0.0302. The molecule has 0 saturated carbocycles. The molecule has 2 aliphatic rings. The molecule has 1 unspecified atom stereocenters. The minimum Gasteiger partial charge on any atom is -0.496 e. The molecule has 0 N–H and O–H groups in total. The van der Waals surface area contributed by atoms with E-state index in [1.54, 1.807) is 13.3 Å². The lowest BCUT2D eigenvalue weighted by Crippen LogP contribution is -2.42. The fourth-order valence-corrected chi connectivity index (χ4v) is 4.34. The summed E-state index contributed by atoms with van der Waals surface area (Å²) >= 11 is 0. The summed E-state index contributed by atoms with van der Waals surface area (Å²) in [6, 6.07) is 17.6. The van der Waals surface area contributed by atoms with Gasteiger partial charge in [-0.05, 0) is 42.3 Å². The van der Waals surface area contributed by atoms with Crippen LogP contribution in [0.1, 0.15) is 22.4 Å². The van der Waals surface area contributed by atoms with E-state index in [0.717, 1.165) is 33.8 Å². The normalized spacial score (nSPS) is 19.5. The van der Waals surface area contributed by atoms with Gasteiger partial charge in [0.2, 0.25) is 5.91 Å². The fourth-order valence-electron chi connectivity index (χ4n) is 4.34. The van der Waals surface area contributed by atoms with Crippen LogP contribution in [0.3, 0.4) is 0 Å². The van der Waals surface area contributed by atoms with Crippen molar-refractivity contribution >= 4 is 11.6 Å². The largest absolute Gasteiger partial charge is 0.496 e. The van der Waals surface area contributed by atoms with Crippen molar-refractivity contribution in [2.24, 2.45) is 0 Å².